The number of anilines is 1. The molecular formula is C20H25N3O6S2. The lowest BCUT2D eigenvalue weighted by atomic mass is 9.96. The van der Waals surface area contributed by atoms with Crippen LogP contribution in [-0.4, -0.2) is 47.5 Å². The summed E-state index contributed by atoms with van der Waals surface area (Å²) in [6.07, 6.45) is 2.55. The number of rotatable bonds is 6. The SMILES string of the molecule is CC(O)(CNS(C)(=O)=O)c1ccc(Oc2ccc3c(c2)S(=O)(=O)NC2CCCN32)cc1. The molecular weight excluding hydrogens is 442 g/mol. The number of ether oxygens (including phenoxy) is 1. The van der Waals surface area contributed by atoms with E-state index in [1.807, 2.05) is 0 Å². The summed E-state index contributed by atoms with van der Waals surface area (Å²) in [5.41, 5.74) is -0.217. The molecule has 4 rings (SSSR count). The monoisotopic (exact) mass is 467 g/mol. The molecule has 0 saturated carbocycles. The van der Waals surface area contributed by atoms with Gasteiger partial charge in [0.1, 0.15) is 22.0 Å². The quantitative estimate of drug-likeness (QED) is 0.587. The van der Waals surface area contributed by atoms with E-state index in [0.29, 0.717) is 22.7 Å². The number of benzene rings is 2. The Hall–Kier alpha value is -2.18. The van der Waals surface area contributed by atoms with Gasteiger partial charge >= 0.3 is 0 Å². The average molecular weight is 468 g/mol. The Morgan fingerprint density at radius 3 is 2.58 bits per heavy atom. The molecule has 2 aromatic carbocycles. The van der Waals surface area contributed by atoms with Crippen molar-refractivity contribution in [2.24, 2.45) is 0 Å². The van der Waals surface area contributed by atoms with E-state index in [0.717, 1.165) is 25.6 Å². The predicted octanol–water partition coefficient (Wildman–Crippen LogP) is 1.45. The number of nitrogens with one attached hydrogen (secondary N) is 2. The number of fused-ring (bicyclic) bond motifs is 3. The van der Waals surface area contributed by atoms with Gasteiger partial charge in [0, 0.05) is 19.2 Å². The van der Waals surface area contributed by atoms with Crippen molar-refractivity contribution < 1.29 is 26.7 Å². The van der Waals surface area contributed by atoms with E-state index in [1.54, 1.807) is 36.4 Å². The molecule has 2 aromatic rings. The van der Waals surface area contributed by atoms with Crippen LogP contribution in [0.25, 0.3) is 0 Å². The third-order valence-corrected chi connectivity index (χ3v) is 7.62. The third kappa shape index (κ3) is 4.70. The molecule has 0 spiro atoms. The third-order valence-electron chi connectivity index (χ3n) is 5.46. The van der Waals surface area contributed by atoms with Crippen molar-refractivity contribution in [1.29, 1.82) is 0 Å². The zero-order valence-corrected chi connectivity index (χ0v) is 18.8. The minimum absolute atomic E-state index is 0.167. The van der Waals surface area contributed by atoms with Crippen LogP contribution in [0.1, 0.15) is 25.3 Å². The van der Waals surface area contributed by atoms with Gasteiger partial charge in [-0.25, -0.2) is 21.6 Å². The molecule has 11 heteroatoms. The molecule has 2 unspecified atom stereocenters. The highest BCUT2D eigenvalue weighted by molar-refractivity contribution is 7.89. The number of hydrogen-bond donors (Lipinski definition) is 3. The van der Waals surface area contributed by atoms with Crippen LogP contribution in [0.15, 0.2) is 47.4 Å². The van der Waals surface area contributed by atoms with E-state index in [9.17, 15) is 21.9 Å². The standard InChI is InChI=1S/C20H25N3O6S2/c1-20(24,13-21-30(2,25)26)14-5-7-15(8-6-14)29-16-9-10-17-18(12-16)31(27,28)22-19-4-3-11-23(17)19/h5-10,12,19,21-22,24H,3-4,11,13H2,1-2H3. The minimum atomic E-state index is -3.62. The molecule has 2 aliphatic rings. The van der Waals surface area contributed by atoms with E-state index in [2.05, 4.69) is 14.3 Å². The minimum Gasteiger partial charge on any atom is -0.457 e. The maximum atomic E-state index is 12.6. The molecule has 0 aromatic heterocycles. The maximum absolute atomic E-state index is 12.6. The Labute approximate surface area is 182 Å². The van der Waals surface area contributed by atoms with Gasteiger partial charge in [-0.1, -0.05) is 12.1 Å². The zero-order chi connectivity index (χ0) is 22.4. The first-order valence-electron chi connectivity index (χ1n) is 9.83. The fourth-order valence-corrected chi connectivity index (χ4v) is 5.83. The second kappa shape index (κ2) is 7.75. The average Bonchev–Trinajstić information content (AvgIpc) is 3.14. The summed E-state index contributed by atoms with van der Waals surface area (Å²) >= 11 is 0. The summed E-state index contributed by atoms with van der Waals surface area (Å²) in [7, 11) is -7.05. The molecule has 0 radical (unpaired) electrons. The summed E-state index contributed by atoms with van der Waals surface area (Å²) in [5, 5.41) is 10.5. The highest BCUT2D eigenvalue weighted by Crippen LogP contribution is 2.38. The van der Waals surface area contributed by atoms with Crippen LogP contribution in [-0.2, 0) is 25.6 Å². The van der Waals surface area contributed by atoms with Gasteiger partial charge in [0.25, 0.3) is 0 Å². The van der Waals surface area contributed by atoms with Crippen molar-refractivity contribution in [3.8, 4) is 11.5 Å². The summed E-state index contributed by atoms with van der Waals surface area (Å²) < 4.78 is 58.7. The molecule has 0 amide bonds. The van der Waals surface area contributed by atoms with Crippen LogP contribution in [0, 0.1) is 0 Å². The zero-order valence-electron chi connectivity index (χ0n) is 17.2. The molecule has 168 valence electrons. The molecule has 2 atom stereocenters. The normalized spacial score (nSPS) is 21.8. The second-order valence-corrected chi connectivity index (χ2v) is 11.6. The first-order valence-corrected chi connectivity index (χ1v) is 13.2. The topological polar surface area (TPSA) is 125 Å². The van der Waals surface area contributed by atoms with Gasteiger partial charge in [-0.15, -0.1) is 0 Å². The van der Waals surface area contributed by atoms with E-state index in [4.69, 9.17) is 4.74 Å². The predicted molar refractivity (Wildman–Crippen MR) is 116 cm³/mol. The second-order valence-electron chi connectivity index (χ2n) is 8.10. The molecule has 1 saturated heterocycles. The molecule has 3 N–H and O–H groups in total. The first kappa shape index (κ1) is 22.0. The molecule has 0 bridgehead atoms. The highest BCUT2D eigenvalue weighted by Gasteiger charge is 2.37. The summed E-state index contributed by atoms with van der Waals surface area (Å²) in [5.74, 6) is 0.829. The summed E-state index contributed by atoms with van der Waals surface area (Å²) in [6, 6.07) is 11.5. The summed E-state index contributed by atoms with van der Waals surface area (Å²) in [4.78, 5) is 2.25. The van der Waals surface area contributed by atoms with Crippen molar-refractivity contribution in [1.82, 2.24) is 9.44 Å². The summed E-state index contributed by atoms with van der Waals surface area (Å²) in [6.45, 7) is 2.14. The van der Waals surface area contributed by atoms with Crippen molar-refractivity contribution in [2.45, 2.75) is 36.4 Å². The number of sulfonamides is 2. The van der Waals surface area contributed by atoms with Crippen molar-refractivity contribution in [3.63, 3.8) is 0 Å². The van der Waals surface area contributed by atoms with Gasteiger partial charge in [-0.3, -0.25) is 0 Å². The largest absolute Gasteiger partial charge is 0.457 e. The lowest BCUT2D eigenvalue weighted by molar-refractivity contribution is 0.0627. The maximum Gasteiger partial charge on any atom is 0.244 e. The van der Waals surface area contributed by atoms with Crippen LogP contribution in [0.4, 0.5) is 5.69 Å². The van der Waals surface area contributed by atoms with Crippen LogP contribution in [0.2, 0.25) is 0 Å². The molecule has 2 aliphatic heterocycles. The van der Waals surface area contributed by atoms with Gasteiger partial charge in [-0.2, -0.15) is 4.72 Å². The number of hydrogen-bond acceptors (Lipinski definition) is 7. The molecule has 1 fully saturated rings. The van der Waals surface area contributed by atoms with Gasteiger partial charge in [0.2, 0.25) is 20.0 Å². The van der Waals surface area contributed by atoms with E-state index in [-0.39, 0.29) is 17.6 Å². The number of aliphatic hydroxyl groups is 1. The van der Waals surface area contributed by atoms with Crippen molar-refractivity contribution in [2.75, 3.05) is 24.2 Å². The van der Waals surface area contributed by atoms with E-state index in [1.165, 1.54) is 13.0 Å². The van der Waals surface area contributed by atoms with E-state index >= 15 is 0 Å². The fraction of sp³-hybridized carbons (Fsp3) is 0.400. The number of nitrogens with zero attached hydrogens (tertiary/aromatic N) is 1. The van der Waals surface area contributed by atoms with Crippen molar-refractivity contribution in [3.05, 3.63) is 48.0 Å². The van der Waals surface area contributed by atoms with Gasteiger partial charge in [0.05, 0.1) is 18.1 Å². The van der Waals surface area contributed by atoms with Crippen molar-refractivity contribution >= 4 is 25.7 Å². The highest BCUT2D eigenvalue weighted by atomic mass is 32.2. The Kier molecular flexibility index (Phi) is 5.51. The Balaban J connectivity index is 1.53. The van der Waals surface area contributed by atoms with Crippen LogP contribution < -0.4 is 19.1 Å². The molecule has 9 nitrogen and oxygen atoms in total. The lowest BCUT2D eigenvalue weighted by Gasteiger charge is -2.33. The van der Waals surface area contributed by atoms with Crippen LogP contribution >= 0.6 is 0 Å². The van der Waals surface area contributed by atoms with Gasteiger partial charge in [-0.05, 0) is 49.6 Å². The van der Waals surface area contributed by atoms with Crippen LogP contribution in [0.3, 0.4) is 0 Å². The molecule has 31 heavy (non-hydrogen) atoms. The first-order chi connectivity index (χ1) is 14.4. The lowest BCUT2D eigenvalue weighted by Crippen LogP contribution is -2.48. The van der Waals surface area contributed by atoms with E-state index < -0.39 is 25.6 Å². The van der Waals surface area contributed by atoms with Gasteiger partial charge < -0.3 is 14.7 Å². The Bertz CT molecular complexity index is 1190. The Morgan fingerprint density at radius 1 is 1.23 bits per heavy atom. The molecule has 0 aliphatic carbocycles. The fourth-order valence-electron chi connectivity index (χ4n) is 3.82. The Morgan fingerprint density at radius 2 is 1.90 bits per heavy atom. The van der Waals surface area contributed by atoms with Gasteiger partial charge in [0.15, 0.2) is 0 Å². The smallest absolute Gasteiger partial charge is 0.244 e. The van der Waals surface area contributed by atoms with Crippen LogP contribution in [0.5, 0.6) is 11.5 Å². The molecule has 2 heterocycles.